The van der Waals surface area contributed by atoms with Crippen molar-refractivity contribution >= 4 is 34.2 Å². The minimum Gasteiger partial charge on any atom is -0.358 e. The van der Waals surface area contributed by atoms with Crippen LogP contribution in [-0.2, 0) is 4.79 Å². The third-order valence-electron chi connectivity index (χ3n) is 7.78. The largest absolute Gasteiger partial charge is 0.358 e. The van der Waals surface area contributed by atoms with Crippen molar-refractivity contribution in [1.82, 2.24) is 14.7 Å². The fourth-order valence-electron chi connectivity index (χ4n) is 6.63. The number of amides is 1. The Morgan fingerprint density at radius 2 is 1.78 bits per heavy atom. The van der Waals surface area contributed by atoms with Gasteiger partial charge in [-0.15, -0.1) is 0 Å². The Bertz CT molecular complexity index is 592. The van der Waals surface area contributed by atoms with Crippen molar-refractivity contribution in [2.45, 2.75) is 75.1 Å². The highest BCUT2D eigenvalue weighted by atomic mass is 32.2. The quantitative estimate of drug-likeness (QED) is 0.621. The molecular formula is C21H33N3OS2. The van der Waals surface area contributed by atoms with Gasteiger partial charge in [0.2, 0.25) is 5.91 Å². The van der Waals surface area contributed by atoms with E-state index in [9.17, 15) is 4.79 Å². The molecule has 5 aliphatic rings. The molecule has 0 aliphatic carbocycles. The number of carbonyl (C=O) groups is 1. The molecule has 5 aliphatic heterocycles. The normalized spacial score (nSPS) is 39.7. The average Bonchev–Trinajstić information content (AvgIpc) is 2.70. The van der Waals surface area contributed by atoms with Gasteiger partial charge >= 0.3 is 0 Å². The Kier molecular flexibility index (Phi) is 5.42. The van der Waals surface area contributed by atoms with Crippen molar-refractivity contribution in [1.29, 1.82) is 0 Å². The molecule has 27 heavy (non-hydrogen) atoms. The second-order valence-corrected chi connectivity index (χ2v) is 11.3. The highest BCUT2D eigenvalue weighted by Crippen LogP contribution is 2.46. The minimum atomic E-state index is 0.392. The first-order chi connectivity index (χ1) is 13.2. The second kappa shape index (κ2) is 7.83. The molecule has 0 saturated carbocycles. The molecule has 5 rings (SSSR count). The number of hydrogen-bond acceptors (Lipinski definition) is 4. The molecule has 5 heterocycles. The summed E-state index contributed by atoms with van der Waals surface area (Å²) in [5.41, 5.74) is 0. The smallest absolute Gasteiger partial charge is 0.223 e. The molecule has 0 unspecified atom stereocenters. The first-order valence-corrected chi connectivity index (χ1v) is 12.5. The first-order valence-electron chi connectivity index (χ1n) is 11.2. The number of thiocarbonyl (C=S) groups is 1. The Morgan fingerprint density at radius 1 is 1.00 bits per heavy atom. The number of rotatable bonds is 1. The van der Waals surface area contributed by atoms with Crippen LogP contribution in [0.4, 0.5) is 0 Å². The van der Waals surface area contributed by atoms with Crippen LogP contribution < -0.4 is 0 Å². The molecule has 0 aromatic heterocycles. The molecule has 0 N–H and O–H groups in total. The summed E-state index contributed by atoms with van der Waals surface area (Å²) in [7, 11) is 0. The Balaban J connectivity index is 1.29. The molecule has 5 fully saturated rings. The topological polar surface area (TPSA) is 26.8 Å². The highest BCUT2D eigenvalue weighted by molar-refractivity contribution is 8.23. The van der Waals surface area contributed by atoms with Crippen molar-refractivity contribution in [3.63, 3.8) is 0 Å². The number of hydrogen-bond donors (Lipinski definition) is 0. The zero-order chi connectivity index (χ0) is 18.4. The molecule has 6 heteroatoms. The van der Waals surface area contributed by atoms with Gasteiger partial charge in [-0.1, -0.05) is 24.0 Å². The summed E-state index contributed by atoms with van der Waals surface area (Å²) in [4.78, 5) is 20.5. The van der Waals surface area contributed by atoms with E-state index in [1.807, 2.05) is 11.8 Å². The number of fused-ring (bicyclic) bond motifs is 2. The van der Waals surface area contributed by atoms with Crippen LogP contribution in [0.15, 0.2) is 0 Å². The molecule has 1 amide bonds. The number of piperidine rings is 5. The van der Waals surface area contributed by atoms with Crippen LogP contribution in [0.5, 0.6) is 0 Å². The van der Waals surface area contributed by atoms with E-state index in [1.54, 1.807) is 0 Å². The van der Waals surface area contributed by atoms with Gasteiger partial charge in [-0.2, -0.15) is 0 Å². The van der Waals surface area contributed by atoms with Gasteiger partial charge in [0.1, 0.15) is 4.32 Å². The van der Waals surface area contributed by atoms with E-state index in [4.69, 9.17) is 12.2 Å². The predicted molar refractivity (Wildman–Crippen MR) is 115 cm³/mol. The number of thioether (sulfide) groups is 1. The van der Waals surface area contributed by atoms with Crippen LogP contribution in [0.25, 0.3) is 0 Å². The SMILES string of the molecule is O=C1C[C@@H](SC(=S)N2CCCCC2)C[C@@H]2[C@H]3CCCN4CCC[C@@H](CN12)[C@@H]34. The summed E-state index contributed by atoms with van der Waals surface area (Å²) in [5, 5.41) is 0.392. The lowest BCUT2D eigenvalue weighted by Crippen LogP contribution is -2.67. The van der Waals surface area contributed by atoms with Gasteiger partial charge in [-0.05, 0) is 76.3 Å². The standard InChI is InChI=1S/C21H33N3OS2/c25-19-13-16(27-21(26)23-8-2-1-3-9-23)12-18-17-7-5-11-22-10-4-6-15(20(17)22)14-24(18)19/h15-18,20H,1-14H2/t15-,16-,17+,18+,20-/m0/s1. The molecule has 150 valence electrons. The number of likely N-dealkylation sites (tertiary alicyclic amines) is 1. The second-order valence-electron chi connectivity index (χ2n) is 9.34. The van der Waals surface area contributed by atoms with Crippen LogP contribution in [0, 0.1) is 11.8 Å². The molecule has 5 atom stereocenters. The summed E-state index contributed by atoms with van der Waals surface area (Å²) in [6.07, 6.45) is 11.0. The van der Waals surface area contributed by atoms with Gasteiger partial charge in [0.15, 0.2) is 0 Å². The third kappa shape index (κ3) is 3.55. The fourth-order valence-corrected chi connectivity index (χ4v) is 8.36. The van der Waals surface area contributed by atoms with Crippen molar-refractivity contribution in [3.05, 3.63) is 0 Å². The van der Waals surface area contributed by atoms with Gasteiger partial charge in [-0.3, -0.25) is 9.69 Å². The number of carbonyl (C=O) groups excluding carboxylic acids is 1. The van der Waals surface area contributed by atoms with Crippen LogP contribution in [0.1, 0.15) is 57.8 Å². The van der Waals surface area contributed by atoms with E-state index in [2.05, 4.69) is 14.7 Å². The molecule has 0 radical (unpaired) electrons. The predicted octanol–water partition coefficient (Wildman–Crippen LogP) is 3.35. The Hall–Kier alpha value is -0.330. The van der Waals surface area contributed by atoms with E-state index < -0.39 is 0 Å². The van der Waals surface area contributed by atoms with Crippen LogP contribution in [0.3, 0.4) is 0 Å². The summed E-state index contributed by atoms with van der Waals surface area (Å²) in [6.45, 7) is 5.83. The summed E-state index contributed by atoms with van der Waals surface area (Å²) < 4.78 is 1.05. The molecule has 5 saturated heterocycles. The van der Waals surface area contributed by atoms with Crippen molar-refractivity contribution in [2.24, 2.45) is 11.8 Å². The third-order valence-corrected chi connectivity index (χ3v) is 9.48. The summed E-state index contributed by atoms with van der Waals surface area (Å²) in [5.74, 6) is 1.84. The maximum atomic E-state index is 13.1. The maximum Gasteiger partial charge on any atom is 0.223 e. The van der Waals surface area contributed by atoms with E-state index in [-0.39, 0.29) is 0 Å². The van der Waals surface area contributed by atoms with Crippen LogP contribution in [-0.4, -0.2) is 75.0 Å². The first kappa shape index (κ1) is 18.7. The van der Waals surface area contributed by atoms with Crippen LogP contribution in [0.2, 0.25) is 0 Å². The van der Waals surface area contributed by atoms with Crippen LogP contribution >= 0.6 is 24.0 Å². The van der Waals surface area contributed by atoms with E-state index in [0.29, 0.717) is 29.5 Å². The zero-order valence-corrected chi connectivity index (χ0v) is 18.0. The lowest BCUT2D eigenvalue weighted by molar-refractivity contribution is -0.150. The lowest BCUT2D eigenvalue weighted by Gasteiger charge is -2.59. The molecule has 0 aromatic rings. The summed E-state index contributed by atoms with van der Waals surface area (Å²) >= 11 is 7.62. The van der Waals surface area contributed by atoms with E-state index >= 15 is 0 Å². The Labute approximate surface area is 173 Å². The molecular weight excluding hydrogens is 374 g/mol. The van der Waals surface area contributed by atoms with Gasteiger partial charge in [0.05, 0.1) is 0 Å². The van der Waals surface area contributed by atoms with Crippen molar-refractivity contribution in [3.8, 4) is 0 Å². The molecule has 0 spiro atoms. The fraction of sp³-hybridized carbons (Fsp3) is 0.905. The summed E-state index contributed by atoms with van der Waals surface area (Å²) in [6, 6.07) is 1.22. The van der Waals surface area contributed by atoms with E-state index in [0.717, 1.165) is 42.3 Å². The van der Waals surface area contributed by atoms with E-state index in [1.165, 1.54) is 58.0 Å². The van der Waals surface area contributed by atoms with Crippen molar-refractivity contribution in [2.75, 3.05) is 32.7 Å². The van der Waals surface area contributed by atoms with Gasteiger partial charge in [0, 0.05) is 43.4 Å². The average molecular weight is 408 g/mol. The lowest BCUT2D eigenvalue weighted by atomic mass is 9.68. The molecule has 0 aromatic carbocycles. The minimum absolute atomic E-state index is 0.392. The Morgan fingerprint density at radius 3 is 2.59 bits per heavy atom. The van der Waals surface area contributed by atoms with Gasteiger partial charge < -0.3 is 9.80 Å². The molecule has 0 bridgehead atoms. The zero-order valence-electron chi connectivity index (χ0n) is 16.4. The maximum absolute atomic E-state index is 13.1. The van der Waals surface area contributed by atoms with Gasteiger partial charge in [0.25, 0.3) is 0 Å². The number of nitrogens with zero attached hydrogens (tertiary/aromatic N) is 3. The monoisotopic (exact) mass is 407 g/mol. The van der Waals surface area contributed by atoms with Crippen molar-refractivity contribution < 1.29 is 4.79 Å². The molecule has 4 nitrogen and oxygen atoms in total. The highest BCUT2D eigenvalue weighted by Gasteiger charge is 2.51. The van der Waals surface area contributed by atoms with Gasteiger partial charge in [-0.25, -0.2) is 0 Å².